The molecule has 8 aromatic rings. The number of hydrogen-bond acceptors (Lipinski definition) is 1. The van der Waals surface area contributed by atoms with Gasteiger partial charge in [-0.1, -0.05) is 91.0 Å². The Kier molecular flexibility index (Phi) is 5.16. The highest BCUT2D eigenvalue weighted by molar-refractivity contribution is 7.26. The number of benzene rings is 6. The van der Waals surface area contributed by atoms with E-state index in [9.17, 15) is 0 Å². The lowest BCUT2D eigenvalue weighted by Gasteiger charge is -2.09. The second-order valence-corrected chi connectivity index (χ2v) is 11.6. The minimum atomic E-state index is 1.18. The lowest BCUT2D eigenvalue weighted by atomic mass is 10.0. The van der Waals surface area contributed by atoms with Crippen LogP contribution in [0.2, 0.25) is 0 Å². The van der Waals surface area contributed by atoms with Gasteiger partial charge in [-0.05, 0) is 70.8 Å². The first-order chi connectivity index (χ1) is 19.7. The van der Waals surface area contributed by atoms with Gasteiger partial charge in [0.2, 0.25) is 0 Å². The molecule has 6 aromatic carbocycles. The Labute approximate surface area is 237 Å². The number of aromatic nitrogens is 2. The molecule has 190 valence electrons. The van der Waals surface area contributed by atoms with E-state index in [0.29, 0.717) is 0 Å². The van der Waals surface area contributed by atoms with Crippen LogP contribution in [-0.2, 0) is 7.05 Å². The minimum Gasteiger partial charge on any atom is -0.225 e. The predicted octanol–water partition coefficient (Wildman–Crippen LogP) is 9.62. The third kappa shape index (κ3) is 3.45. The zero-order chi connectivity index (χ0) is 26.8. The Morgan fingerprint density at radius 1 is 0.625 bits per heavy atom. The summed E-state index contributed by atoms with van der Waals surface area (Å²) >= 11 is 1.90. The normalized spacial score (nSPS) is 11.8. The molecule has 0 saturated heterocycles. The monoisotopic (exact) mass is 531 g/mol. The summed E-state index contributed by atoms with van der Waals surface area (Å²) in [6.45, 7) is 2.25. The van der Waals surface area contributed by atoms with Crippen molar-refractivity contribution in [1.29, 1.82) is 0 Å². The van der Waals surface area contributed by atoms with Crippen LogP contribution in [0.4, 0.5) is 0 Å². The number of rotatable bonds is 3. The largest absolute Gasteiger partial charge is 0.296 e. The van der Waals surface area contributed by atoms with Crippen molar-refractivity contribution in [2.24, 2.45) is 7.05 Å². The van der Waals surface area contributed by atoms with Crippen LogP contribution in [0, 0.1) is 6.92 Å². The van der Waals surface area contributed by atoms with Crippen molar-refractivity contribution in [2.75, 3.05) is 0 Å². The van der Waals surface area contributed by atoms with Gasteiger partial charge < -0.3 is 0 Å². The molecular formula is C37H27N2S+. The molecule has 0 fully saturated rings. The van der Waals surface area contributed by atoms with Crippen LogP contribution in [0.1, 0.15) is 5.56 Å². The van der Waals surface area contributed by atoms with Gasteiger partial charge in [-0.25, -0.2) is 4.57 Å². The van der Waals surface area contributed by atoms with E-state index in [2.05, 4.69) is 150 Å². The molecule has 0 aliphatic carbocycles. The molecule has 0 unspecified atom stereocenters. The Balaban J connectivity index is 1.45. The fourth-order valence-corrected chi connectivity index (χ4v) is 7.48. The summed E-state index contributed by atoms with van der Waals surface area (Å²) in [5.74, 6) is 1.20. The van der Waals surface area contributed by atoms with Crippen LogP contribution in [-0.4, -0.2) is 4.57 Å². The number of para-hydroxylation sites is 2. The van der Waals surface area contributed by atoms with E-state index in [0.717, 1.165) is 0 Å². The minimum absolute atomic E-state index is 1.18. The maximum atomic E-state index is 2.45. The second-order valence-electron chi connectivity index (χ2n) is 10.6. The molecule has 0 aliphatic heterocycles. The van der Waals surface area contributed by atoms with Crippen molar-refractivity contribution in [1.82, 2.24) is 4.57 Å². The van der Waals surface area contributed by atoms with Crippen LogP contribution in [0.25, 0.3) is 70.2 Å². The molecule has 2 aromatic heterocycles. The zero-order valence-corrected chi connectivity index (χ0v) is 23.2. The van der Waals surface area contributed by atoms with E-state index in [4.69, 9.17) is 0 Å². The number of imidazole rings is 1. The van der Waals surface area contributed by atoms with Crippen LogP contribution >= 0.6 is 11.3 Å². The van der Waals surface area contributed by atoms with E-state index >= 15 is 0 Å². The van der Waals surface area contributed by atoms with Crippen LogP contribution in [0.3, 0.4) is 0 Å². The molecule has 0 N–H and O–H groups in total. The van der Waals surface area contributed by atoms with Gasteiger partial charge in [0.1, 0.15) is 5.69 Å². The summed E-state index contributed by atoms with van der Waals surface area (Å²) in [5, 5.41) is 5.13. The molecule has 0 spiro atoms. The predicted molar refractivity (Wildman–Crippen MR) is 170 cm³/mol. The van der Waals surface area contributed by atoms with Gasteiger partial charge in [0.15, 0.2) is 11.0 Å². The lowest BCUT2D eigenvalue weighted by molar-refractivity contribution is -0.633. The number of aryl methyl sites for hydroxylation is 2. The van der Waals surface area contributed by atoms with E-state index in [1.54, 1.807) is 0 Å². The summed E-state index contributed by atoms with van der Waals surface area (Å²) in [6.07, 6.45) is 0. The van der Waals surface area contributed by atoms with Crippen molar-refractivity contribution in [3.05, 3.63) is 133 Å². The number of nitrogens with zero attached hydrogens (tertiary/aromatic N) is 2. The smallest absolute Gasteiger partial charge is 0.225 e. The summed E-state index contributed by atoms with van der Waals surface area (Å²) in [4.78, 5) is 0. The third-order valence-electron chi connectivity index (χ3n) is 8.18. The topological polar surface area (TPSA) is 8.81 Å². The van der Waals surface area contributed by atoms with Gasteiger partial charge in [0.05, 0.1) is 17.3 Å². The average molecular weight is 532 g/mol. The fourth-order valence-electron chi connectivity index (χ4n) is 6.20. The molecular weight excluding hydrogens is 504 g/mol. The fraction of sp³-hybridized carbons (Fsp3) is 0.0541. The number of fused-ring (bicyclic) bond motifs is 5. The van der Waals surface area contributed by atoms with Crippen LogP contribution in [0.15, 0.2) is 127 Å². The standard InChI is InChI=1S/C37H27N2S/c1-24-16-20-30-31-23-28(25-10-4-3-5-11-25)18-21-34(31)40-36(30)35(24)37-38(2)32-14-8-9-15-33(32)39(37)29-19-17-26-12-6-7-13-27(26)22-29/h3-23H,1-2H3/q+1. The molecule has 0 aliphatic rings. The van der Waals surface area contributed by atoms with Gasteiger partial charge in [-0.3, -0.25) is 0 Å². The SMILES string of the molecule is Cc1ccc2c(sc3ccc(-c4ccccc4)cc32)c1-c1n(-c2ccc3ccccc3c2)c2ccccc2[n+]1C. The second kappa shape index (κ2) is 8.90. The maximum Gasteiger partial charge on any atom is 0.296 e. The molecule has 2 heterocycles. The van der Waals surface area contributed by atoms with Gasteiger partial charge in [0, 0.05) is 15.5 Å². The van der Waals surface area contributed by atoms with Gasteiger partial charge in [0.25, 0.3) is 5.82 Å². The Hall–Kier alpha value is -4.73. The van der Waals surface area contributed by atoms with Crippen molar-refractivity contribution < 1.29 is 4.57 Å². The summed E-state index contributed by atoms with van der Waals surface area (Å²) in [7, 11) is 2.20. The lowest BCUT2D eigenvalue weighted by Crippen LogP contribution is -2.30. The highest BCUT2D eigenvalue weighted by Gasteiger charge is 2.29. The van der Waals surface area contributed by atoms with Crippen molar-refractivity contribution in [3.63, 3.8) is 0 Å². The third-order valence-corrected chi connectivity index (χ3v) is 9.39. The molecule has 3 heteroatoms. The summed E-state index contributed by atoms with van der Waals surface area (Å²) in [5.41, 5.74) is 8.68. The van der Waals surface area contributed by atoms with Gasteiger partial charge in [-0.15, -0.1) is 11.3 Å². The van der Waals surface area contributed by atoms with E-state index in [1.165, 1.54) is 75.7 Å². The first kappa shape index (κ1) is 23.2. The van der Waals surface area contributed by atoms with Crippen molar-refractivity contribution in [3.8, 4) is 28.2 Å². The zero-order valence-electron chi connectivity index (χ0n) is 22.4. The highest BCUT2D eigenvalue weighted by Crippen LogP contribution is 2.43. The first-order valence-electron chi connectivity index (χ1n) is 13.7. The number of hydrogen-bond donors (Lipinski definition) is 0. The Morgan fingerprint density at radius 3 is 2.27 bits per heavy atom. The molecule has 8 rings (SSSR count). The average Bonchev–Trinajstić information content (AvgIpc) is 3.52. The Morgan fingerprint density at radius 2 is 1.40 bits per heavy atom. The van der Waals surface area contributed by atoms with Crippen molar-refractivity contribution in [2.45, 2.75) is 6.92 Å². The highest BCUT2D eigenvalue weighted by atomic mass is 32.1. The molecule has 0 radical (unpaired) electrons. The van der Waals surface area contributed by atoms with Gasteiger partial charge in [-0.2, -0.15) is 4.57 Å². The molecule has 0 atom stereocenters. The van der Waals surface area contributed by atoms with E-state index in [-0.39, 0.29) is 0 Å². The maximum absolute atomic E-state index is 2.45. The van der Waals surface area contributed by atoms with Crippen LogP contribution < -0.4 is 4.57 Å². The summed E-state index contributed by atoms with van der Waals surface area (Å²) < 4.78 is 7.47. The first-order valence-corrected chi connectivity index (χ1v) is 14.5. The Bertz CT molecular complexity index is 2230. The van der Waals surface area contributed by atoms with Crippen LogP contribution in [0.5, 0.6) is 0 Å². The quantitative estimate of drug-likeness (QED) is 0.201. The number of thiophene rings is 1. The molecule has 0 amide bonds. The van der Waals surface area contributed by atoms with E-state index < -0.39 is 0 Å². The van der Waals surface area contributed by atoms with Crippen molar-refractivity contribution >= 4 is 53.3 Å². The molecule has 2 nitrogen and oxygen atoms in total. The summed E-state index contributed by atoms with van der Waals surface area (Å²) in [6, 6.07) is 46.3. The molecule has 0 bridgehead atoms. The van der Waals surface area contributed by atoms with Gasteiger partial charge >= 0.3 is 0 Å². The van der Waals surface area contributed by atoms with E-state index in [1.807, 2.05) is 11.3 Å². The molecule has 0 saturated carbocycles. The molecule has 40 heavy (non-hydrogen) atoms.